The van der Waals surface area contributed by atoms with Crippen LogP contribution in [0.5, 0.6) is 0 Å². The van der Waals surface area contributed by atoms with Crippen LogP contribution in [0.15, 0.2) is 10.7 Å². The molecule has 1 rings (SSSR count). The molecule has 0 radical (unpaired) electrons. The van der Waals surface area contributed by atoms with Gasteiger partial charge in [-0.25, -0.2) is 8.78 Å². The van der Waals surface area contributed by atoms with E-state index in [1.165, 1.54) is 0 Å². The summed E-state index contributed by atoms with van der Waals surface area (Å²) in [4.78, 5) is 3.60. The Bertz CT molecular complexity index is 390. The molecule has 0 amide bonds. The fraction of sp³-hybridized carbons (Fsp3) is 0.250. The van der Waals surface area contributed by atoms with Crippen molar-refractivity contribution in [2.45, 2.75) is 13.0 Å². The Labute approximate surface area is 87.1 Å². The Kier molecular flexibility index (Phi) is 3.49. The molecule has 0 saturated heterocycles. The molecule has 14 heavy (non-hydrogen) atoms. The number of hydrogen-bond acceptors (Lipinski definition) is 3. The molecular formula is C8H5BrF2N2O. The Morgan fingerprint density at radius 3 is 2.71 bits per heavy atom. The number of nitrogens with zero attached hydrogens (tertiary/aromatic N) is 2. The lowest BCUT2D eigenvalue weighted by atomic mass is 10.1. The third-order valence-corrected chi connectivity index (χ3v) is 2.47. The van der Waals surface area contributed by atoms with Gasteiger partial charge < -0.3 is 5.11 Å². The van der Waals surface area contributed by atoms with Crippen LogP contribution in [0.1, 0.15) is 23.2 Å². The maximum absolute atomic E-state index is 12.4. The molecule has 3 nitrogen and oxygen atoms in total. The molecule has 6 heteroatoms. The number of aliphatic hydroxyl groups is 1. The van der Waals surface area contributed by atoms with Gasteiger partial charge in [0.2, 0.25) is 0 Å². The van der Waals surface area contributed by atoms with Gasteiger partial charge in [-0.1, -0.05) is 0 Å². The first-order valence-electron chi connectivity index (χ1n) is 3.58. The third kappa shape index (κ3) is 1.89. The molecule has 0 atom stereocenters. The highest BCUT2D eigenvalue weighted by Gasteiger charge is 2.18. The SMILES string of the molecule is N#Cc1c(C(F)F)cnc(CO)c1Br. The van der Waals surface area contributed by atoms with E-state index in [1.807, 2.05) is 0 Å². The first kappa shape index (κ1) is 11.0. The fourth-order valence-electron chi connectivity index (χ4n) is 0.929. The Balaban J connectivity index is 3.38. The Hall–Kier alpha value is -1.06. The van der Waals surface area contributed by atoms with Gasteiger partial charge in [0.1, 0.15) is 6.07 Å². The second-order valence-electron chi connectivity index (χ2n) is 2.42. The molecule has 0 saturated carbocycles. The van der Waals surface area contributed by atoms with Crippen LogP contribution in [-0.2, 0) is 6.61 Å². The average Bonchev–Trinajstić information content (AvgIpc) is 2.17. The van der Waals surface area contributed by atoms with Crippen molar-refractivity contribution in [3.63, 3.8) is 0 Å². The molecule has 0 spiro atoms. The monoisotopic (exact) mass is 262 g/mol. The molecule has 0 unspecified atom stereocenters. The number of pyridine rings is 1. The maximum atomic E-state index is 12.4. The molecule has 1 aromatic rings. The second-order valence-corrected chi connectivity index (χ2v) is 3.21. The molecule has 1 N–H and O–H groups in total. The maximum Gasteiger partial charge on any atom is 0.266 e. The molecule has 0 aliphatic heterocycles. The van der Waals surface area contributed by atoms with Gasteiger partial charge in [0.05, 0.1) is 27.9 Å². The number of alkyl halides is 2. The van der Waals surface area contributed by atoms with Crippen LogP contribution in [0.25, 0.3) is 0 Å². The minimum Gasteiger partial charge on any atom is -0.390 e. The Morgan fingerprint density at radius 2 is 2.29 bits per heavy atom. The quantitative estimate of drug-likeness (QED) is 0.889. The van der Waals surface area contributed by atoms with Crippen molar-refractivity contribution in [1.82, 2.24) is 4.98 Å². The number of aromatic nitrogens is 1. The smallest absolute Gasteiger partial charge is 0.266 e. The number of rotatable bonds is 2. The van der Waals surface area contributed by atoms with Gasteiger partial charge >= 0.3 is 0 Å². The van der Waals surface area contributed by atoms with E-state index in [0.717, 1.165) is 6.20 Å². The van der Waals surface area contributed by atoms with Gasteiger partial charge in [-0.05, 0) is 15.9 Å². The van der Waals surface area contributed by atoms with Crippen molar-refractivity contribution in [2.75, 3.05) is 0 Å². The predicted octanol–water partition coefficient (Wildman–Crippen LogP) is 2.15. The summed E-state index contributed by atoms with van der Waals surface area (Å²) in [6.45, 7) is -0.404. The molecule has 0 aromatic carbocycles. The highest BCUT2D eigenvalue weighted by Crippen LogP contribution is 2.29. The first-order valence-corrected chi connectivity index (χ1v) is 4.37. The normalized spacial score (nSPS) is 10.3. The van der Waals surface area contributed by atoms with Crippen LogP contribution in [0.2, 0.25) is 0 Å². The molecule has 0 bridgehead atoms. The van der Waals surface area contributed by atoms with E-state index in [4.69, 9.17) is 10.4 Å². The zero-order valence-electron chi connectivity index (χ0n) is 6.84. The molecule has 74 valence electrons. The lowest BCUT2D eigenvalue weighted by Gasteiger charge is -2.06. The highest BCUT2D eigenvalue weighted by molar-refractivity contribution is 9.10. The van der Waals surface area contributed by atoms with E-state index < -0.39 is 18.6 Å². The van der Waals surface area contributed by atoms with Crippen molar-refractivity contribution < 1.29 is 13.9 Å². The standard InChI is InChI=1S/C8H5BrF2N2O/c9-7-4(1-12)5(8(10)11)2-13-6(7)3-14/h2,8,14H,3H2. The highest BCUT2D eigenvalue weighted by atomic mass is 79.9. The van der Waals surface area contributed by atoms with Gasteiger partial charge in [0, 0.05) is 6.20 Å². The second kappa shape index (κ2) is 4.44. The Morgan fingerprint density at radius 1 is 1.64 bits per heavy atom. The van der Waals surface area contributed by atoms with Crippen molar-refractivity contribution in [1.29, 1.82) is 5.26 Å². The van der Waals surface area contributed by atoms with Gasteiger partial charge in [0.25, 0.3) is 6.43 Å². The van der Waals surface area contributed by atoms with Crippen molar-refractivity contribution in [2.24, 2.45) is 0 Å². The molecule has 1 heterocycles. The topological polar surface area (TPSA) is 56.9 Å². The van der Waals surface area contributed by atoms with Crippen LogP contribution >= 0.6 is 15.9 Å². The number of hydrogen-bond donors (Lipinski definition) is 1. The molecule has 0 fully saturated rings. The average molecular weight is 263 g/mol. The summed E-state index contributed by atoms with van der Waals surface area (Å²) in [6.07, 6.45) is -1.85. The van der Waals surface area contributed by atoms with E-state index in [0.29, 0.717) is 0 Å². The fourth-order valence-corrected chi connectivity index (χ4v) is 1.47. The van der Waals surface area contributed by atoms with Crippen LogP contribution in [-0.4, -0.2) is 10.1 Å². The van der Waals surface area contributed by atoms with Gasteiger partial charge in [0.15, 0.2) is 0 Å². The van der Waals surface area contributed by atoms with Gasteiger partial charge in [-0.3, -0.25) is 4.98 Å². The minimum absolute atomic E-state index is 0.125. The summed E-state index contributed by atoms with van der Waals surface area (Å²) >= 11 is 2.94. The van der Waals surface area contributed by atoms with E-state index in [9.17, 15) is 8.78 Å². The lowest BCUT2D eigenvalue weighted by molar-refractivity contribution is 0.150. The summed E-state index contributed by atoms with van der Waals surface area (Å²) in [6, 6.07) is 1.64. The van der Waals surface area contributed by atoms with E-state index >= 15 is 0 Å². The van der Waals surface area contributed by atoms with E-state index in [-0.39, 0.29) is 15.7 Å². The van der Waals surface area contributed by atoms with Gasteiger partial charge in [-0.2, -0.15) is 5.26 Å². The van der Waals surface area contributed by atoms with Gasteiger partial charge in [-0.15, -0.1) is 0 Å². The minimum atomic E-state index is -2.75. The lowest BCUT2D eigenvalue weighted by Crippen LogP contribution is -1.99. The van der Waals surface area contributed by atoms with Crippen molar-refractivity contribution >= 4 is 15.9 Å². The van der Waals surface area contributed by atoms with Crippen LogP contribution < -0.4 is 0 Å². The van der Waals surface area contributed by atoms with E-state index in [2.05, 4.69) is 20.9 Å². The molecule has 0 aliphatic rings. The van der Waals surface area contributed by atoms with Crippen LogP contribution in [0, 0.1) is 11.3 Å². The van der Waals surface area contributed by atoms with Crippen molar-refractivity contribution in [3.05, 3.63) is 27.5 Å². The summed E-state index contributed by atoms with van der Waals surface area (Å²) in [5, 5.41) is 17.4. The summed E-state index contributed by atoms with van der Waals surface area (Å²) in [5.74, 6) is 0. The number of aliphatic hydroxyl groups excluding tert-OH is 1. The zero-order chi connectivity index (χ0) is 10.7. The zero-order valence-corrected chi connectivity index (χ0v) is 8.42. The number of halogens is 3. The predicted molar refractivity (Wildman–Crippen MR) is 47.5 cm³/mol. The summed E-state index contributed by atoms with van der Waals surface area (Å²) in [7, 11) is 0. The third-order valence-electron chi connectivity index (χ3n) is 1.62. The van der Waals surface area contributed by atoms with E-state index in [1.54, 1.807) is 6.07 Å². The first-order chi connectivity index (χ1) is 6.61. The largest absolute Gasteiger partial charge is 0.390 e. The molecular weight excluding hydrogens is 258 g/mol. The van der Waals surface area contributed by atoms with Crippen LogP contribution in [0.3, 0.4) is 0 Å². The summed E-state index contributed by atoms with van der Waals surface area (Å²) < 4.78 is 24.8. The van der Waals surface area contributed by atoms with Crippen molar-refractivity contribution in [3.8, 4) is 6.07 Å². The summed E-state index contributed by atoms with van der Waals surface area (Å²) in [5.41, 5.74) is -0.443. The molecule has 1 aromatic heterocycles. The van der Waals surface area contributed by atoms with Crippen LogP contribution in [0.4, 0.5) is 8.78 Å². The molecule has 0 aliphatic carbocycles. The number of nitriles is 1.